The Morgan fingerprint density at radius 1 is 1.04 bits per heavy atom. The lowest BCUT2D eigenvalue weighted by Crippen LogP contribution is -2.15. The minimum atomic E-state index is -0.340. The average molecular weight is 376 g/mol. The third-order valence-electron chi connectivity index (χ3n) is 4.17. The van der Waals surface area contributed by atoms with E-state index < -0.39 is 0 Å². The standard InChI is InChI=1S/C22H24N4O2/c1-4-28-20-8-6-5-7-18(20)26-22(27)19-13-24-21(14-23-19)25-17-11-9-16(10-12-17)15(2)3/h5-15H,4H2,1-3H3,(H,24,25)(H,26,27). The summed E-state index contributed by atoms with van der Waals surface area (Å²) in [7, 11) is 0. The molecule has 6 heteroatoms. The molecule has 1 aromatic heterocycles. The molecule has 6 nitrogen and oxygen atoms in total. The Labute approximate surface area is 165 Å². The normalized spacial score (nSPS) is 10.6. The highest BCUT2D eigenvalue weighted by molar-refractivity contribution is 6.03. The van der Waals surface area contributed by atoms with Gasteiger partial charge in [-0.25, -0.2) is 9.97 Å². The van der Waals surface area contributed by atoms with Gasteiger partial charge < -0.3 is 15.4 Å². The molecule has 28 heavy (non-hydrogen) atoms. The molecule has 1 heterocycles. The fourth-order valence-corrected chi connectivity index (χ4v) is 2.65. The Balaban J connectivity index is 1.66. The number of carbonyl (C=O) groups is 1. The number of amides is 1. The molecule has 0 aliphatic rings. The first-order valence-electron chi connectivity index (χ1n) is 9.29. The highest BCUT2D eigenvalue weighted by Gasteiger charge is 2.11. The lowest BCUT2D eigenvalue weighted by atomic mass is 10.0. The summed E-state index contributed by atoms with van der Waals surface area (Å²) in [5.74, 6) is 1.34. The maximum absolute atomic E-state index is 12.5. The van der Waals surface area contributed by atoms with Crippen molar-refractivity contribution in [3.05, 3.63) is 72.2 Å². The largest absolute Gasteiger partial charge is 0.492 e. The van der Waals surface area contributed by atoms with Crippen molar-refractivity contribution in [3.63, 3.8) is 0 Å². The number of carbonyl (C=O) groups excluding carboxylic acids is 1. The van der Waals surface area contributed by atoms with Crippen LogP contribution in [0.5, 0.6) is 5.75 Å². The summed E-state index contributed by atoms with van der Waals surface area (Å²) in [5, 5.41) is 6.00. The summed E-state index contributed by atoms with van der Waals surface area (Å²) >= 11 is 0. The first-order chi connectivity index (χ1) is 13.6. The molecule has 1 amide bonds. The molecule has 2 N–H and O–H groups in total. The Hall–Kier alpha value is -3.41. The van der Waals surface area contributed by atoms with Gasteiger partial charge in [0.05, 0.1) is 24.7 Å². The summed E-state index contributed by atoms with van der Waals surface area (Å²) in [6.45, 7) is 6.73. The number of hydrogen-bond donors (Lipinski definition) is 2. The topological polar surface area (TPSA) is 76.1 Å². The third-order valence-corrected chi connectivity index (χ3v) is 4.17. The van der Waals surface area contributed by atoms with E-state index in [4.69, 9.17) is 4.74 Å². The summed E-state index contributed by atoms with van der Waals surface area (Å²) in [6, 6.07) is 15.5. The maximum Gasteiger partial charge on any atom is 0.275 e. The molecule has 0 saturated heterocycles. The van der Waals surface area contributed by atoms with Crippen molar-refractivity contribution in [3.8, 4) is 5.75 Å². The molecular weight excluding hydrogens is 352 g/mol. The zero-order chi connectivity index (χ0) is 19.9. The van der Waals surface area contributed by atoms with E-state index in [1.165, 1.54) is 11.8 Å². The molecule has 0 saturated carbocycles. The van der Waals surface area contributed by atoms with Gasteiger partial charge in [0.1, 0.15) is 17.3 Å². The van der Waals surface area contributed by atoms with Gasteiger partial charge >= 0.3 is 0 Å². The van der Waals surface area contributed by atoms with Crippen LogP contribution in [0.3, 0.4) is 0 Å². The van der Waals surface area contributed by atoms with E-state index in [0.717, 1.165) is 5.69 Å². The Bertz CT molecular complexity index is 922. The predicted octanol–water partition coefficient (Wildman–Crippen LogP) is 4.99. The Morgan fingerprint density at radius 3 is 2.43 bits per heavy atom. The predicted molar refractivity (Wildman–Crippen MR) is 111 cm³/mol. The number of aromatic nitrogens is 2. The van der Waals surface area contributed by atoms with E-state index in [2.05, 4.69) is 46.6 Å². The third kappa shape index (κ3) is 4.85. The van der Waals surface area contributed by atoms with E-state index in [1.54, 1.807) is 12.3 Å². The highest BCUT2D eigenvalue weighted by Crippen LogP contribution is 2.24. The molecular formula is C22H24N4O2. The Morgan fingerprint density at radius 2 is 1.79 bits per heavy atom. The number of nitrogens with one attached hydrogen (secondary N) is 2. The zero-order valence-electron chi connectivity index (χ0n) is 16.3. The number of nitrogens with zero attached hydrogens (tertiary/aromatic N) is 2. The summed E-state index contributed by atoms with van der Waals surface area (Å²) in [5.41, 5.74) is 3.02. The van der Waals surface area contributed by atoms with Crippen LogP contribution in [0.25, 0.3) is 0 Å². The minimum Gasteiger partial charge on any atom is -0.492 e. The van der Waals surface area contributed by atoms with Crippen molar-refractivity contribution in [1.29, 1.82) is 0 Å². The number of ether oxygens (including phenoxy) is 1. The lowest BCUT2D eigenvalue weighted by molar-refractivity contribution is 0.102. The second-order valence-electron chi connectivity index (χ2n) is 6.57. The molecule has 0 bridgehead atoms. The van der Waals surface area contributed by atoms with Crippen molar-refractivity contribution in [2.75, 3.05) is 17.2 Å². The van der Waals surface area contributed by atoms with Crippen molar-refractivity contribution in [2.45, 2.75) is 26.7 Å². The fraction of sp³-hybridized carbons (Fsp3) is 0.227. The zero-order valence-corrected chi connectivity index (χ0v) is 16.3. The van der Waals surface area contributed by atoms with Gasteiger partial charge in [-0.15, -0.1) is 0 Å². The molecule has 0 spiro atoms. The smallest absolute Gasteiger partial charge is 0.275 e. The van der Waals surface area contributed by atoms with E-state index in [-0.39, 0.29) is 11.6 Å². The summed E-state index contributed by atoms with van der Waals surface area (Å²) in [4.78, 5) is 21.0. The molecule has 0 atom stereocenters. The van der Waals surface area contributed by atoms with Crippen LogP contribution in [-0.4, -0.2) is 22.5 Å². The van der Waals surface area contributed by atoms with Gasteiger partial charge in [-0.05, 0) is 42.7 Å². The van der Waals surface area contributed by atoms with Gasteiger partial charge in [0.2, 0.25) is 0 Å². The molecule has 2 aromatic carbocycles. The van der Waals surface area contributed by atoms with Crippen LogP contribution in [0.15, 0.2) is 60.9 Å². The van der Waals surface area contributed by atoms with E-state index in [0.29, 0.717) is 29.8 Å². The molecule has 3 rings (SSSR count). The van der Waals surface area contributed by atoms with Gasteiger partial charge in [0.25, 0.3) is 5.91 Å². The minimum absolute atomic E-state index is 0.229. The Kier molecular flexibility index (Phi) is 6.22. The van der Waals surface area contributed by atoms with Gasteiger partial charge in [-0.1, -0.05) is 38.1 Å². The number of anilines is 3. The van der Waals surface area contributed by atoms with Crippen LogP contribution in [0.1, 0.15) is 42.7 Å². The molecule has 0 aliphatic carbocycles. The van der Waals surface area contributed by atoms with Crippen molar-refractivity contribution < 1.29 is 9.53 Å². The van der Waals surface area contributed by atoms with Crippen molar-refractivity contribution in [2.24, 2.45) is 0 Å². The van der Waals surface area contributed by atoms with Crippen LogP contribution >= 0.6 is 0 Å². The van der Waals surface area contributed by atoms with Crippen LogP contribution in [0.2, 0.25) is 0 Å². The SMILES string of the molecule is CCOc1ccccc1NC(=O)c1cnc(Nc2ccc(C(C)C)cc2)cn1. The fourth-order valence-electron chi connectivity index (χ4n) is 2.65. The van der Waals surface area contributed by atoms with Gasteiger partial charge in [-0.2, -0.15) is 0 Å². The molecule has 0 radical (unpaired) electrons. The lowest BCUT2D eigenvalue weighted by Gasteiger charge is -2.11. The molecule has 144 valence electrons. The molecule has 0 fully saturated rings. The van der Waals surface area contributed by atoms with Gasteiger partial charge in [0.15, 0.2) is 0 Å². The van der Waals surface area contributed by atoms with Crippen LogP contribution in [-0.2, 0) is 0 Å². The van der Waals surface area contributed by atoms with Gasteiger partial charge in [0, 0.05) is 5.69 Å². The van der Waals surface area contributed by atoms with Crippen molar-refractivity contribution >= 4 is 23.1 Å². The summed E-state index contributed by atoms with van der Waals surface area (Å²) < 4.78 is 5.52. The number of para-hydroxylation sites is 2. The van der Waals surface area contributed by atoms with Crippen molar-refractivity contribution in [1.82, 2.24) is 9.97 Å². The van der Waals surface area contributed by atoms with E-state index in [9.17, 15) is 4.79 Å². The summed E-state index contributed by atoms with van der Waals surface area (Å²) in [6.07, 6.45) is 2.99. The average Bonchev–Trinajstić information content (AvgIpc) is 2.70. The quantitative estimate of drug-likeness (QED) is 0.607. The number of rotatable bonds is 7. The van der Waals surface area contributed by atoms with E-state index in [1.807, 2.05) is 37.3 Å². The number of benzene rings is 2. The maximum atomic E-state index is 12.5. The molecule has 3 aromatic rings. The second kappa shape index (κ2) is 8.99. The molecule has 0 aliphatic heterocycles. The van der Waals surface area contributed by atoms with Crippen LogP contribution < -0.4 is 15.4 Å². The van der Waals surface area contributed by atoms with Crippen LogP contribution in [0.4, 0.5) is 17.2 Å². The van der Waals surface area contributed by atoms with Gasteiger partial charge in [-0.3, -0.25) is 4.79 Å². The first-order valence-corrected chi connectivity index (χ1v) is 9.29. The van der Waals surface area contributed by atoms with E-state index >= 15 is 0 Å². The molecule has 0 unspecified atom stereocenters. The number of hydrogen-bond acceptors (Lipinski definition) is 5. The first kappa shape index (κ1) is 19.4. The van der Waals surface area contributed by atoms with Crippen LogP contribution in [0, 0.1) is 0 Å². The highest BCUT2D eigenvalue weighted by atomic mass is 16.5. The monoisotopic (exact) mass is 376 g/mol. The second-order valence-corrected chi connectivity index (χ2v) is 6.57.